The molecule has 3 N–H and O–H groups in total. The van der Waals surface area contributed by atoms with Gasteiger partial charge in [0.2, 0.25) is 0 Å². The molecule has 0 aliphatic rings. The Morgan fingerprint density at radius 3 is 2.42 bits per heavy atom. The lowest BCUT2D eigenvalue weighted by molar-refractivity contribution is 0.305. The van der Waals surface area contributed by atoms with Gasteiger partial charge in [0, 0.05) is 11.8 Å². The van der Waals surface area contributed by atoms with Crippen LogP contribution < -0.4 is 16.0 Å². The van der Waals surface area contributed by atoms with Gasteiger partial charge in [-0.25, -0.2) is 10.8 Å². The number of hydrogen-bond acceptors (Lipinski definition) is 4. The zero-order valence-corrected chi connectivity index (χ0v) is 11.3. The lowest BCUT2D eigenvalue weighted by atomic mass is 10.0. The number of nitrogens with one attached hydrogen (secondary N) is 1. The van der Waals surface area contributed by atoms with Crippen molar-refractivity contribution in [2.75, 3.05) is 5.43 Å². The van der Waals surface area contributed by atoms with Crippen LogP contribution in [0.4, 0.5) is 5.82 Å². The van der Waals surface area contributed by atoms with Crippen LogP contribution in [0.1, 0.15) is 30.9 Å². The molecule has 4 heteroatoms. The fourth-order valence-corrected chi connectivity index (χ4v) is 1.71. The minimum absolute atomic E-state index is 0.499. The van der Waals surface area contributed by atoms with E-state index in [0.717, 1.165) is 11.3 Å². The van der Waals surface area contributed by atoms with E-state index in [-0.39, 0.29) is 0 Å². The number of hydrazine groups is 1. The second kappa shape index (κ2) is 6.20. The Morgan fingerprint density at radius 2 is 1.89 bits per heavy atom. The normalized spacial score (nSPS) is 10.5. The second-order valence-electron chi connectivity index (χ2n) is 4.71. The molecule has 0 spiro atoms. The number of nitrogens with zero attached hydrogens (tertiary/aromatic N) is 1. The van der Waals surface area contributed by atoms with Gasteiger partial charge in [0.1, 0.15) is 18.2 Å². The molecule has 0 aliphatic heterocycles. The van der Waals surface area contributed by atoms with Gasteiger partial charge in [-0.15, -0.1) is 0 Å². The number of benzene rings is 1. The monoisotopic (exact) mass is 257 g/mol. The van der Waals surface area contributed by atoms with Crippen LogP contribution >= 0.6 is 0 Å². The van der Waals surface area contributed by atoms with E-state index >= 15 is 0 Å². The Morgan fingerprint density at radius 1 is 1.16 bits per heavy atom. The maximum atomic E-state index is 5.71. The van der Waals surface area contributed by atoms with E-state index in [4.69, 9.17) is 10.6 Å². The quantitative estimate of drug-likeness (QED) is 0.638. The maximum Gasteiger partial charge on any atom is 0.139 e. The first-order valence-electron chi connectivity index (χ1n) is 6.33. The Hall–Kier alpha value is -2.07. The molecule has 0 bridgehead atoms. The Balaban J connectivity index is 1.94. The number of anilines is 1. The zero-order chi connectivity index (χ0) is 13.7. The molecule has 0 fully saturated rings. The highest BCUT2D eigenvalue weighted by Gasteiger charge is 2.00. The molecule has 0 unspecified atom stereocenters. The fourth-order valence-electron chi connectivity index (χ4n) is 1.71. The SMILES string of the molecule is CC(C)c1ccc(OCc2ccc(NN)nc2)cc1. The molecule has 4 nitrogen and oxygen atoms in total. The number of rotatable bonds is 5. The highest BCUT2D eigenvalue weighted by molar-refractivity contribution is 5.34. The van der Waals surface area contributed by atoms with Crippen LogP contribution in [0.2, 0.25) is 0 Å². The van der Waals surface area contributed by atoms with E-state index in [0.29, 0.717) is 18.3 Å². The average Bonchev–Trinajstić information content (AvgIpc) is 2.46. The first kappa shape index (κ1) is 13.4. The van der Waals surface area contributed by atoms with Crippen molar-refractivity contribution in [3.63, 3.8) is 0 Å². The van der Waals surface area contributed by atoms with Gasteiger partial charge >= 0.3 is 0 Å². The lowest BCUT2D eigenvalue weighted by Crippen LogP contribution is -2.08. The van der Waals surface area contributed by atoms with Crippen molar-refractivity contribution < 1.29 is 4.74 Å². The van der Waals surface area contributed by atoms with E-state index in [2.05, 4.69) is 36.4 Å². The number of aromatic nitrogens is 1. The first-order chi connectivity index (χ1) is 9.19. The van der Waals surface area contributed by atoms with Crippen LogP contribution in [0, 0.1) is 0 Å². The van der Waals surface area contributed by atoms with Gasteiger partial charge in [-0.05, 0) is 29.7 Å². The molecule has 0 atom stereocenters. The molecule has 1 aromatic heterocycles. The van der Waals surface area contributed by atoms with Crippen molar-refractivity contribution in [2.24, 2.45) is 5.84 Å². The summed E-state index contributed by atoms with van der Waals surface area (Å²) in [7, 11) is 0. The second-order valence-corrected chi connectivity index (χ2v) is 4.71. The van der Waals surface area contributed by atoms with Crippen molar-refractivity contribution in [1.29, 1.82) is 0 Å². The molecule has 1 aromatic carbocycles. The predicted molar refractivity (Wildman–Crippen MR) is 76.9 cm³/mol. The molecule has 2 rings (SSSR count). The van der Waals surface area contributed by atoms with Crippen LogP contribution in [0.15, 0.2) is 42.6 Å². The number of nitrogens with two attached hydrogens (primary N) is 1. The fraction of sp³-hybridized carbons (Fsp3) is 0.267. The van der Waals surface area contributed by atoms with Crippen molar-refractivity contribution in [3.8, 4) is 5.75 Å². The van der Waals surface area contributed by atoms with Crippen LogP contribution in [-0.2, 0) is 6.61 Å². The Bertz CT molecular complexity index is 506. The number of nitrogen functional groups attached to an aromatic ring is 1. The minimum atomic E-state index is 0.499. The molecular weight excluding hydrogens is 238 g/mol. The average molecular weight is 257 g/mol. The van der Waals surface area contributed by atoms with E-state index in [9.17, 15) is 0 Å². The molecule has 19 heavy (non-hydrogen) atoms. The van der Waals surface area contributed by atoms with E-state index in [1.165, 1.54) is 5.56 Å². The van der Waals surface area contributed by atoms with E-state index in [1.807, 2.05) is 24.3 Å². The predicted octanol–water partition coefficient (Wildman–Crippen LogP) is 3.07. The minimum Gasteiger partial charge on any atom is -0.489 e. The molecule has 0 radical (unpaired) electrons. The highest BCUT2D eigenvalue weighted by Crippen LogP contribution is 2.19. The Kier molecular flexibility index (Phi) is 4.36. The summed E-state index contributed by atoms with van der Waals surface area (Å²) in [6, 6.07) is 11.9. The molecular formula is C15H19N3O. The van der Waals surface area contributed by atoms with Gasteiger partial charge in [-0.1, -0.05) is 32.0 Å². The standard InChI is InChI=1S/C15H19N3O/c1-11(2)13-4-6-14(7-5-13)19-10-12-3-8-15(18-16)17-9-12/h3-9,11H,10,16H2,1-2H3,(H,17,18). The number of pyridine rings is 1. The summed E-state index contributed by atoms with van der Waals surface area (Å²) in [6.45, 7) is 4.85. The number of hydrogen-bond donors (Lipinski definition) is 2. The third-order valence-electron chi connectivity index (χ3n) is 2.92. The number of ether oxygens (including phenoxy) is 1. The molecule has 0 saturated heterocycles. The van der Waals surface area contributed by atoms with E-state index < -0.39 is 0 Å². The summed E-state index contributed by atoms with van der Waals surface area (Å²) in [4.78, 5) is 4.13. The van der Waals surface area contributed by atoms with Crippen LogP contribution in [-0.4, -0.2) is 4.98 Å². The molecule has 0 amide bonds. The summed E-state index contributed by atoms with van der Waals surface area (Å²) in [5.74, 6) is 7.31. The highest BCUT2D eigenvalue weighted by atomic mass is 16.5. The van der Waals surface area contributed by atoms with Gasteiger partial charge < -0.3 is 10.2 Å². The van der Waals surface area contributed by atoms with Crippen molar-refractivity contribution in [2.45, 2.75) is 26.4 Å². The smallest absolute Gasteiger partial charge is 0.139 e. The summed E-state index contributed by atoms with van der Waals surface area (Å²) >= 11 is 0. The molecule has 0 saturated carbocycles. The molecule has 0 aliphatic carbocycles. The van der Waals surface area contributed by atoms with Gasteiger partial charge in [-0.3, -0.25) is 0 Å². The summed E-state index contributed by atoms with van der Waals surface area (Å²) in [6.07, 6.45) is 1.75. The summed E-state index contributed by atoms with van der Waals surface area (Å²) in [5, 5.41) is 0. The van der Waals surface area contributed by atoms with Crippen molar-refractivity contribution in [3.05, 3.63) is 53.7 Å². The lowest BCUT2D eigenvalue weighted by Gasteiger charge is -2.09. The van der Waals surface area contributed by atoms with Gasteiger partial charge in [-0.2, -0.15) is 0 Å². The van der Waals surface area contributed by atoms with Crippen molar-refractivity contribution in [1.82, 2.24) is 4.98 Å². The topological polar surface area (TPSA) is 60.2 Å². The zero-order valence-electron chi connectivity index (χ0n) is 11.3. The molecule has 1 heterocycles. The summed E-state index contributed by atoms with van der Waals surface area (Å²) < 4.78 is 5.71. The van der Waals surface area contributed by atoms with Crippen LogP contribution in [0.5, 0.6) is 5.75 Å². The first-order valence-corrected chi connectivity index (χ1v) is 6.33. The molecule has 2 aromatic rings. The van der Waals surface area contributed by atoms with Crippen molar-refractivity contribution >= 4 is 5.82 Å². The van der Waals surface area contributed by atoms with Gasteiger partial charge in [0.15, 0.2) is 0 Å². The summed E-state index contributed by atoms with van der Waals surface area (Å²) in [5.41, 5.74) is 4.81. The van der Waals surface area contributed by atoms with Crippen LogP contribution in [0.25, 0.3) is 0 Å². The van der Waals surface area contributed by atoms with Gasteiger partial charge in [0.05, 0.1) is 0 Å². The Labute approximate surface area is 113 Å². The van der Waals surface area contributed by atoms with Gasteiger partial charge in [0.25, 0.3) is 0 Å². The third-order valence-corrected chi connectivity index (χ3v) is 2.92. The van der Waals surface area contributed by atoms with Crippen LogP contribution in [0.3, 0.4) is 0 Å². The third kappa shape index (κ3) is 3.69. The maximum absolute atomic E-state index is 5.71. The van der Waals surface area contributed by atoms with E-state index in [1.54, 1.807) is 6.20 Å². The molecule has 100 valence electrons. The largest absolute Gasteiger partial charge is 0.489 e.